The summed E-state index contributed by atoms with van der Waals surface area (Å²) in [6.07, 6.45) is 0. The normalized spacial score (nSPS) is 10.8. The molecule has 0 atom stereocenters. The van der Waals surface area contributed by atoms with Crippen molar-refractivity contribution in [1.82, 2.24) is 10.3 Å². The van der Waals surface area contributed by atoms with Crippen LogP contribution in [-0.4, -0.2) is 11.5 Å². The van der Waals surface area contributed by atoms with Gasteiger partial charge in [0.05, 0.1) is 5.69 Å². The number of aromatic nitrogens is 1. The minimum atomic E-state index is -0.322. The molecule has 0 aliphatic carbocycles. The highest BCUT2D eigenvalue weighted by Crippen LogP contribution is 2.20. The van der Waals surface area contributed by atoms with Crippen LogP contribution in [0.3, 0.4) is 0 Å². The Morgan fingerprint density at radius 2 is 2.00 bits per heavy atom. The van der Waals surface area contributed by atoms with E-state index in [1.807, 2.05) is 12.1 Å². The number of rotatable bonds is 6. The van der Waals surface area contributed by atoms with Gasteiger partial charge >= 0.3 is 0 Å². The quantitative estimate of drug-likeness (QED) is 0.871. The number of nitrogens with one attached hydrogen (secondary N) is 1. The molecule has 2 rings (SSSR count). The zero-order chi connectivity index (χ0) is 14.4. The molecule has 1 heterocycles. The molecule has 1 aromatic carbocycles. The van der Waals surface area contributed by atoms with E-state index < -0.39 is 0 Å². The Kier molecular flexibility index (Phi) is 5.07. The van der Waals surface area contributed by atoms with Crippen molar-refractivity contribution >= 4 is 0 Å². The molecular weight excluding hydrogens is 255 g/mol. The zero-order valence-corrected chi connectivity index (χ0v) is 11.8. The van der Waals surface area contributed by atoms with Crippen molar-refractivity contribution in [3.05, 3.63) is 54.0 Å². The number of hydrogen-bond acceptors (Lipinski definition) is 3. The van der Waals surface area contributed by atoms with Crippen LogP contribution in [-0.2, 0) is 6.54 Å². The fourth-order valence-corrected chi connectivity index (χ4v) is 1.75. The first-order valence-electron chi connectivity index (χ1n) is 6.73. The monoisotopic (exact) mass is 274 g/mol. The predicted molar refractivity (Wildman–Crippen MR) is 77.3 cm³/mol. The molecule has 2 aromatic rings. The third-order valence-electron chi connectivity index (χ3n) is 2.66. The van der Waals surface area contributed by atoms with Gasteiger partial charge in [-0.1, -0.05) is 26.0 Å². The van der Waals surface area contributed by atoms with Gasteiger partial charge in [-0.2, -0.15) is 0 Å². The van der Waals surface area contributed by atoms with Crippen LogP contribution >= 0.6 is 0 Å². The Hall–Kier alpha value is -1.94. The highest BCUT2D eigenvalue weighted by Gasteiger charge is 2.02. The lowest BCUT2D eigenvalue weighted by Gasteiger charge is -2.09. The third-order valence-corrected chi connectivity index (χ3v) is 2.66. The van der Waals surface area contributed by atoms with Gasteiger partial charge in [0.2, 0.25) is 5.88 Å². The largest absolute Gasteiger partial charge is 0.439 e. The van der Waals surface area contributed by atoms with Crippen LogP contribution < -0.4 is 10.1 Å². The molecule has 106 valence electrons. The fourth-order valence-electron chi connectivity index (χ4n) is 1.75. The second-order valence-electron chi connectivity index (χ2n) is 5.05. The fraction of sp³-hybridized carbons (Fsp3) is 0.312. The highest BCUT2D eigenvalue weighted by atomic mass is 19.1. The standard InChI is InChI=1S/C16H19FN2O/c1-12(2)10-18-11-14-6-4-8-16(19-14)20-15-7-3-5-13(17)9-15/h3-9,12,18H,10-11H2,1-2H3. The van der Waals surface area contributed by atoms with Crippen molar-refractivity contribution in [3.8, 4) is 11.6 Å². The highest BCUT2D eigenvalue weighted by molar-refractivity contribution is 5.28. The van der Waals surface area contributed by atoms with Crippen LogP contribution in [0, 0.1) is 11.7 Å². The maximum Gasteiger partial charge on any atom is 0.219 e. The van der Waals surface area contributed by atoms with Gasteiger partial charge in [-0.25, -0.2) is 9.37 Å². The van der Waals surface area contributed by atoms with E-state index in [9.17, 15) is 4.39 Å². The number of halogens is 1. The molecule has 0 spiro atoms. The zero-order valence-electron chi connectivity index (χ0n) is 11.8. The summed E-state index contributed by atoms with van der Waals surface area (Å²) in [5.41, 5.74) is 0.902. The first kappa shape index (κ1) is 14.5. The maximum absolute atomic E-state index is 13.1. The number of pyridine rings is 1. The van der Waals surface area contributed by atoms with Crippen LogP contribution in [0.1, 0.15) is 19.5 Å². The molecule has 0 unspecified atom stereocenters. The molecule has 20 heavy (non-hydrogen) atoms. The molecule has 0 bridgehead atoms. The molecule has 3 nitrogen and oxygen atoms in total. The van der Waals surface area contributed by atoms with Crippen molar-refractivity contribution in [3.63, 3.8) is 0 Å². The summed E-state index contributed by atoms with van der Waals surface area (Å²) < 4.78 is 18.6. The van der Waals surface area contributed by atoms with E-state index in [4.69, 9.17) is 4.74 Å². The van der Waals surface area contributed by atoms with Crippen LogP contribution in [0.2, 0.25) is 0 Å². The number of ether oxygens (including phenoxy) is 1. The van der Waals surface area contributed by atoms with E-state index in [1.54, 1.807) is 18.2 Å². The maximum atomic E-state index is 13.1. The van der Waals surface area contributed by atoms with Gasteiger partial charge < -0.3 is 10.1 Å². The molecule has 0 aliphatic rings. The second kappa shape index (κ2) is 7.01. The number of hydrogen-bond donors (Lipinski definition) is 1. The van der Waals surface area contributed by atoms with E-state index in [-0.39, 0.29) is 5.82 Å². The van der Waals surface area contributed by atoms with E-state index in [0.717, 1.165) is 12.2 Å². The molecule has 0 aliphatic heterocycles. The molecular formula is C16H19FN2O. The SMILES string of the molecule is CC(C)CNCc1cccc(Oc2cccc(F)c2)n1. The lowest BCUT2D eigenvalue weighted by atomic mass is 10.2. The minimum absolute atomic E-state index is 0.322. The summed E-state index contributed by atoms with van der Waals surface area (Å²) in [5, 5.41) is 3.32. The van der Waals surface area contributed by atoms with Crippen molar-refractivity contribution in [2.24, 2.45) is 5.92 Å². The summed E-state index contributed by atoms with van der Waals surface area (Å²) >= 11 is 0. The summed E-state index contributed by atoms with van der Waals surface area (Å²) in [7, 11) is 0. The molecule has 0 saturated heterocycles. The van der Waals surface area contributed by atoms with Crippen LogP contribution in [0.15, 0.2) is 42.5 Å². The van der Waals surface area contributed by atoms with Gasteiger partial charge in [-0.05, 0) is 30.7 Å². The second-order valence-corrected chi connectivity index (χ2v) is 5.05. The molecule has 0 radical (unpaired) electrons. The van der Waals surface area contributed by atoms with Crippen LogP contribution in [0.4, 0.5) is 4.39 Å². The van der Waals surface area contributed by atoms with Crippen molar-refractivity contribution in [2.75, 3.05) is 6.54 Å². The molecule has 0 fully saturated rings. The molecule has 0 saturated carbocycles. The summed E-state index contributed by atoms with van der Waals surface area (Å²) in [5.74, 6) is 1.20. The van der Waals surface area contributed by atoms with E-state index in [2.05, 4.69) is 24.1 Å². The summed E-state index contributed by atoms with van der Waals surface area (Å²) in [4.78, 5) is 4.39. The Bertz CT molecular complexity index is 558. The van der Waals surface area contributed by atoms with Crippen LogP contribution in [0.25, 0.3) is 0 Å². The van der Waals surface area contributed by atoms with Crippen molar-refractivity contribution in [2.45, 2.75) is 20.4 Å². The lowest BCUT2D eigenvalue weighted by molar-refractivity contribution is 0.454. The Balaban J connectivity index is 1.99. The topological polar surface area (TPSA) is 34.1 Å². The van der Waals surface area contributed by atoms with E-state index in [1.165, 1.54) is 12.1 Å². The summed E-state index contributed by atoms with van der Waals surface area (Å²) in [6.45, 7) is 5.95. The Labute approximate surface area is 118 Å². The van der Waals surface area contributed by atoms with Gasteiger partial charge in [-0.15, -0.1) is 0 Å². The van der Waals surface area contributed by atoms with Gasteiger partial charge in [-0.3, -0.25) is 0 Å². The van der Waals surface area contributed by atoms with Crippen molar-refractivity contribution in [1.29, 1.82) is 0 Å². The first-order valence-corrected chi connectivity index (χ1v) is 6.73. The van der Waals surface area contributed by atoms with E-state index in [0.29, 0.717) is 24.1 Å². The minimum Gasteiger partial charge on any atom is -0.439 e. The molecule has 1 aromatic heterocycles. The average Bonchev–Trinajstić information content (AvgIpc) is 2.39. The van der Waals surface area contributed by atoms with Gasteiger partial charge in [0, 0.05) is 18.7 Å². The smallest absolute Gasteiger partial charge is 0.219 e. The molecule has 1 N–H and O–H groups in total. The third kappa shape index (κ3) is 4.63. The van der Waals surface area contributed by atoms with Gasteiger partial charge in [0.15, 0.2) is 0 Å². The van der Waals surface area contributed by atoms with Crippen molar-refractivity contribution < 1.29 is 9.13 Å². The van der Waals surface area contributed by atoms with Gasteiger partial charge in [0.1, 0.15) is 11.6 Å². The average molecular weight is 274 g/mol. The Morgan fingerprint density at radius 1 is 1.20 bits per heavy atom. The number of benzene rings is 1. The van der Waals surface area contributed by atoms with E-state index >= 15 is 0 Å². The first-order chi connectivity index (χ1) is 9.63. The number of nitrogens with zero attached hydrogens (tertiary/aromatic N) is 1. The lowest BCUT2D eigenvalue weighted by Crippen LogP contribution is -2.19. The predicted octanol–water partition coefficient (Wildman–Crippen LogP) is 3.76. The Morgan fingerprint density at radius 3 is 2.75 bits per heavy atom. The molecule has 4 heteroatoms. The van der Waals surface area contributed by atoms with Gasteiger partial charge in [0.25, 0.3) is 0 Å². The van der Waals surface area contributed by atoms with Crippen LogP contribution in [0.5, 0.6) is 11.6 Å². The summed E-state index contributed by atoms with van der Waals surface area (Å²) in [6, 6.07) is 11.6. The molecule has 0 amide bonds.